The van der Waals surface area contributed by atoms with Crippen molar-refractivity contribution in [2.75, 3.05) is 17.7 Å². The zero-order chi connectivity index (χ0) is 18.8. The third kappa shape index (κ3) is 3.42. The summed E-state index contributed by atoms with van der Waals surface area (Å²) >= 11 is 0. The number of pyridine rings is 3. The first-order valence-corrected chi connectivity index (χ1v) is 8.51. The quantitative estimate of drug-likeness (QED) is 0.500. The van der Waals surface area contributed by atoms with Crippen LogP contribution in [0.2, 0.25) is 0 Å². The predicted molar refractivity (Wildman–Crippen MR) is 105 cm³/mol. The minimum absolute atomic E-state index is 0.0398. The molecule has 0 spiro atoms. The first-order valence-electron chi connectivity index (χ1n) is 8.51. The molecule has 0 saturated heterocycles. The summed E-state index contributed by atoms with van der Waals surface area (Å²) in [7, 11) is 0. The summed E-state index contributed by atoms with van der Waals surface area (Å²) < 4.78 is 1.66. The van der Waals surface area contributed by atoms with Crippen molar-refractivity contribution in [2.24, 2.45) is 0 Å². The molecule has 0 aliphatic heterocycles. The number of aliphatic hydroxyl groups excluding tert-OH is 1. The maximum Gasteiger partial charge on any atom is 0.133 e. The van der Waals surface area contributed by atoms with E-state index in [0.29, 0.717) is 18.2 Å². The summed E-state index contributed by atoms with van der Waals surface area (Å²) in [5.74, 6) is 1.10. The lowest BCUT2D eigenvalue weighted by Crippen LogP contribution is -2.01. The van der Waals surface area contributed by atoms with Gasteiger partial charge in [-0.3, -0.25) is 9.67 Å². The van der Waals surface area contributed by atoms with Crippen LogP contribution in [0.25, 0.3) is 22.0 Å². The fourth-order valence-corrected chi connectivity index (χ4v) is 2.91. The third-order valence-corrected chi connectivity index (χ3v) is 4.29. The van der Waals surface area contributed by atoms with Gasteiger partial charge in [0.15, 0.2) is 0 Å². The molecular formula is C19H19N7O. The number of aryl methyl sites for hydroxylation is 1. The molecule has 27 heavy (non-hydrogen) atoms. The van der Waals surface area contributed by atoms with Crippen LogP contribution in [-0.4, -0.2) is 36.4 Å². The van der Waals surface area contributed by atoms with Gasteiger partial charge in [-0.05, 0) is 36.1 Å². The van der Waals surface area contributed by atoms with Crippen LogP contribution in [0.5, 0.6) is 0 Å². The van der Waals surface area contributed by atoms with Crippen molar-refractivity contribution in [3.63, 3.8) is 0 Å². The van der Waals surface area contributed by atoms with Crippen LogP contribution in [0.3, 0.4) is 0 Å². The maximum atomic E-state index is 8.99. The fourth-order valence-electron chi connectivity index (χ4n) is 2.91. The Kier molecular flexibility index (Phi) is 4.39. The number of hydrogen-bond donors (Lipinski definition) is 3. The van der Waals surface area contributed by atoms with E-state index in [-0.39, 0.29) is 6.61 Å². The number of nitrogens with two attached hydrogens (primary N) is 1. The van der Waals surface area contributed by atoms with E-state index in [1.807, 2.05) is 31.3 Å². The van der Waals surface area contributed by atoms with Crippen LogP contribution in [0.15, 0.2) is 49.2 Å². The van der Waals surface area contributed by atoms with Crippen LogP contribution >= 0.6 is 0 Å². The third-order valence-electron chi connectivity index (χ3n) is 4.29. The molecule has 4 aromatic heterocycles. The average molecular weight is 361 g/mol. The summed E-state index contributed by atoms with van der Waals surface area (Å²) in [6, 6.07) is 5.85. The Labute approximate surface area is 155 Å². The monoisotopic (exact) mass is 361 g/mol. The van der Waals surface area contributed by atoms with Gasteiger partial charge in [0.1, 0.15) is 11.6 Å². The van der Waals surface area contributed by atoms with Crippen LogP contribution < -0.4 is 11.1 Å². The molecule has 4 rings (SSSR count). The van der Waals surface area contributed by atoms with E-state index in [9.17, 15) is 0 Å². The Bertz CT molecular complexity index is 1110. The highest BCUT2D eigenvalue weighted by Crippen LogP contribution is 2.29. The van der Waals surface area contributed by atoms with Crippen LogP contribution in [0.1, 0.15) is 5.56 Å². The highest BCUT2D eigenvalue weighted by molar-refractivity contribution is 5.94. The Morgan fingerprint density at radius 2 is 2.11 bits per heavy atom. The number of aromatic nitrogens is 5. The van der Waals surface area contributed by atoms with Gasteiger partial charge < -0.3 is 16.2 Å². The second kappa shape index (κ2) is 7.00. The molecule has 0 aromatic carbocycles. The van der Waals surface area contributed by atoms with Gasteiger partial charge in [-0.25, -0.2) is 9.97 Å². The second-order valence-electron chi connectivity index (χ2n) is 6.21. The van der Waals surface area contributed by atoms with Crippen molar-refractivity contribution < 1.29 is 5.11 Å². The van der Waals surface area contributed by atoms with Gasteiger partial charge >= 0.3 is 0 Å². The molecule has 8 nitrogen and oxygen atoms in total. The van der Waals surface area contributed by atoms with E-state index in [0.717, 1.165) is 33.3 Å². The van der Waals surface area contributed by atoms with E-state index in [1.54, 1.807) is 29.5 Å². The van der Waals surface area contributed by atoms with Crippen molar-refractivity contribution in [1.82, 2.24) is 24.7 Å². The van der Waals surface area contributed by atoms with E-state index < -0.39 is 0 Å². The largest absolute Gasteiger partial charge is 0.394 e. The zero-order valence-corrected chi connectivity index (χ0v) is 14.8. The number of hydrogen-bond acceptors (Lipinski definition) is 7. The second-order valence-corrected chi connectivity index (χ2v) is 6.21. The molecule has 0 saturated carbocycles. The van der Waals surface area contributed by atoms with Crippen molar-refractivity contribution in [2.45, 2.75) is 13.5 Å². The predicted octanol–water partition coefficient (Wildman–Crippen LogP) is 2.51. The Morgan fingerprint density at radius 3 is 2.93 bits per heavy atom. The molecule has 0 amide bonds. The number of nitrogen functional groups attached to an aromatic ring is 1. The van der Waals surface area contributed by atoms with E-state index in [1.165, 1.54) is 0 Å². The van der Waals surface area contributed by atoms with Gasteiger partial charge in [-0.1, -0.05) is 0 Å². The molecule has 136 valence electrons. The van der Waals surface area contributed by atoms with Crippen molar-refractivity contribution in [3.05, 3.63) is 54.7 Å². The Balaban J connectivity index is 1.71. The van der Waals surface area contributed by atoms with Crippen molar-refractivity contribution in [1.29, 1.82) is 0 Å². The van der Waals surface area contributed by atoms with E-state index in [4.69, 9.17) is 10.8 Å². The standard InChI is InChI=1S/C19H19N7O/c1-12-2-3-21-9-15(12)17-6-13-7-18(22-10-16(13)19(20)25-17)24-14-8-23-26(11-14)4-5-27/h2-3,6-11,27H,4-5H2,1H3,(H2,20,25)(H,22,24). The number of rotatable bonds is 5. The van der Waals surface area contributed by atoms with Gasteiger partial charge in [-0.15, -0.1) is 0 Å². The van der Waals surface area contributed by atoms with Gasteiger partial charge in [0.2, 0.25) is 0 Å². The first-order chi connectivity index (χ1) is 13.1. The lowest BCUT2D eigenvalue weighted by Gasteiger charge is -2.10. The van der Waals surface area contributed by atoms with Gasteiger partial charge in [0.05, 0.1) is 30.7 Å². The van der Waals surface area contributed by atoms with Crippen LogP contribution in [0.4, 0.5) is 17.3 Å². The van der Waals surface area contributed by atoms with Crippen LogP contribution in [-0.2, 0) is 6.54 Å². The SMILES string of the molecule is Cc1ccncc1-c1cc2cc(Nc3cnn(CCO)c3)ncc2c(N)n1. The zero-order valence-electron chi connectivity index (χ0n) is 14.8. The molecule has 4 aromatic rings. The molecule has 0 bridgehead atoms. The first kappa shape index (κ1) is 16.9. The molecular weight excluding hydrogens is 342 g/mol. The summed E-state index contributed by atoms with van der Waals surface area (Å²) in [5.41, 5.74) is 9.75. The number of fused-ring (bicyclic) bond motifs is 1. The summed E-state index contributed by atoms with van der Waals surface area (Å²) in [5, 5.41) is 18.1. The summed E-state index contributed by atoms with van der Waals surface area (Å²) in [4.78, 5) is 13.1. The number of nitrogens with one attached hydrogen (secondary N) is 1. The molecule has 4 heterocycles. The molecule has 0 fully saturated rings. The number of nitrogens with zero attached hydrogens (tertiary/aromatic N) is 5. The minimum Gasteiger partial charge on any atom is -0.394 e. The van der Waals surface area contributed by atoms with E-state index >= 15 is 0 Å². The maximum absolute atomic E-state index is 8.99. The Morgan fingerprint density at radius 1 is 1.22 bits per heavy atom. The average Bonchev–Trinajstić information content (AvgIpc) is 3.09. The lowest BCUT2D eigenvalue weighted by molar-refractivity contribution is 0.269. The molecule has 0 aliphatic carbocycles. The van der Waals surface area contributed by atoms with Crippen LogP contribution in [0, 0.1) is 6.92 Å². The Hall–Kier alpha value is -3.52. The van der Waals surface area contributed by atoms with Crippen molar-refractivity contribution in [3.8, 4) is 11.3 Å². The summed E-state index contributed by atoms with van der Waals surface area (Å²) in [6.45, 7) is 2.50. The van der Waals surface area contributed by atoms with E-state index in [2.05, 4.69) is 25.4 Å². The van der Waals surface area contributed by atoms with Crippen molar-refractivity contribution >= 4 is 28.1 Å². The van der Waals surface area contributed by atoms with Gasteiger partial charge in [-0.2, -0.15) is 5.10 Å². The lowest BCUT2D eigenvalue weighted by atomic mass is 10.1. The topological polar surface area (TPSA) is 115 Å². The molecule has 8 heteroatoms. The molecule has 0 aliphatic rings. The highest BCUT2D eigenvalue weighted by atomic mass is 16.3. The molecule has 4 N–H and O–H groups in total. The highest BCUT2D eigenvalue weighted by Gasteiger charge is 2.10. The number of anilines is 3. The normalized spacial score (nSPS) is 11.0. The fraction of sp³-hybridized carbons (Fsp3) is 0.158. The molecule has 0 atom stereocenters. The molecule has 0 unspecified atom stereocenters. The minimum atomic E-state index is 0.0398. The number of aliphatic hydroxyl groups is 1. The molecule has 0 radical (unpaired) electrons. The van der Waals surface area contributed by atoms with Gasteiger partial charge in [0.25, 0.3) is 0 Å². The smallest absolute Gasteiger partial charge is 0.133 e. The van der Waals surface area contributed by atoms with Gasteiger partial charge in [0, 0.05) is 35.7 Å². The summed E-state index contributed by atoms with van der Waals surface area (Å²) in [6.07, 6.45) is 8.75.